The van der Waals surface area contributed by atoms with Gasteiger partial charge in [0.05, 0.1) is 11.4 Å². The van der Waals surface area contributed by atoms with Crippen molar-refractivity contribution in [1.29, 1.82) is 0 Å². The van der Waals surface area contributed by atoms with Crippen LogP contribution < -0.4 is 5.73 Å². The number of benzene rings is 1. The van der Waals surface area contributed by atoms with E-state index in [-0.39, 0.29) is 5.75 Å². The van der Waals surface area contributed by atoms with E-state index in [9.17, 15) is 5.11 Å². The minimum Gasteiger partial charge on any atom is -0.508 e. The molecule has 0 saturated heterocycles. The van der Waals surface area contributed by atoms with E-state index in [1.807, 2.05) is 0 Å². The first-order chi connectivity index (χ1) is 6.27. The summed E-state index contributed by atoms with van der Waals surface area (Å²) in [6, 6.07) is 4.71. The lowest BCUT2D eigenvalue weighted by atomic mass is 10.2. The summed E-state index contributed by atoms with van der Waals surface area (Å²) in [7, 11) is 0. The van der Waals surface area contributed by atoms with Gasteiger partial charge in [-0.1, -0.05) is 0 Å². The highest BCUT2D eigenvalue weighted by molar-refractivity contribution is 5.60. The number of nitrogens with two attached hydrogens (primary N) is 1. The van der Waals surface area contributed by atoms with Gasteiger partial charge < -0.3 is 10.8 Å². The third-order valence-corrected chi connectivity index (χ3v) is 1.71. The summed E-state index contributed by atoms with van der Waals surface area (Å²) in [6.07, 6.45) is 3.04. The molecule has 66 valence electrons. The Morgan fingerprint density at radius 1 is 1.23 bits per heavy atom. The molecule has 5 nitrogen and oxygen atoms in total. The Balaban J connectivity index is 2.57. The molecular weight excluding hydrogens is 168 g/mol. The van der Waals surface area contributed by atoms with Crippen molar-refractivity contribution < 1.29 is 5.11 Å². The molecule has 0 aliphatic rings. The second kappa shape index (κ2) is 2.78. The summed E-state index contributed by atoms with van der Waals surface area (Å²) in [5, 5.41) is 16.5. The van der Waals surface area contributed by atoms with Crippen molar-refractivity contribution >= 4 is 5.69 Å². The molecule has 0 radical (unpaired) electrons. The number of hydrogen-bond acceptors (Lipinski definition) is 4. The molecular formula is C8H8N4O. The molecule has 1 heterocycles. The molecule has 0 fully saturated rings. The van der Waals surface area contributed by atoms with Crippen LogP contribution in [0.1, 0.15) is 0 Å². The maximum absolute atomic E-state index is 9.23. The van der Waals surface area contributed by atoms with Gasteiger partial charge in [-0.25, -0.2) is 0 Å². The van der Waals surface area contributed by atoms with Gasteiger partial charge in [-0.15, -0.1) is 10.2 Å². The first kappa shape index (κ1) is 7.60. The van der Waals surface area contributed by atoms with Gasteiger partial charge >= 0.3 is 0 Å². The normalized spacial score (nSPS) is 10.2. The van der Waals surface area contributed by atoms with Crippen LogP contribution in [-0.4, -0.2) is 19.9 Å². The smallest absolute Gasteiger partial charge is 0.123 e. The second-order valence-corrected chi connectivity index (χ2v) is 2.61. The van der Waals surface area contributed by atoms with E-state index in [0.717, 1.165) is 0 Å². The number of phenolic OH excluding ortho intramolecular Hbond substituents is 1. The first-order valence-electron chi connectivity index (χ1n) is 3.71. The number of nitrogen functional groups attached to an aromatic ring is 1. The van der Waals surface area contributed by atoms with Crippen molar-refractivity contribution in [2.75, 3.05) is 5.73 Å². The maximum Gasteiger partial charge on any atom is 0.123 e. The zero-order chi connectivity index (χ0) is 9.26. The number of aromatic hydroxyl groups is 1. The Labute approximate surface area is 74.4 Å². The Morgan fingerprint density at radius 2 is 1.92 bits per heavy atom. The van der Waals surface area contributed by atoms with Crippen LogP contribution in [0.5, 0.6) is 5.75 Å². The first-order valence-corrected chi connectivity index (χ1v) is 3.71. The minimum absolute atomic E-state index is 0.165. The molecule has 1 aromatic heterocycles. The fraction of sp³-hybridized carbons (Fsp3) is 0. The number of anilines is 1. The maximum atomic E-state index is 9.23. The number of aromatic nitrogens is 3. The van der Waals surface area contributed by atoms with E-state index in [1.54, 1.807) is 16.7 Å². The zero-order valence-electron chi connectivity index (χ0n) is 6.75. The molecule has 13 heavy (non-hydrogen) atoms. The summed E-state index contributed by atoms with van der Waals surface area (Å²) in [6.45, 7) is 0. The van der Waals surface area contributed by atoms with Gasteiger partial charge in [0.2, 0.25) is 0 Å². The second-order valence-electron chi connectivity index (χ2n) is 2.61. The molecule has 0 spiro atoms. The lowest BCUT2D eigenvalue weighted by Crippen LogP contribution is -1.96. The predicted octanol–water partition coefficient (Wildman–Crippen LogP) is 0.555. The van der Waals surface area contributed by atoms with Gasteiger partial charge in [-0.3, -0.25) is 4.57 Å². The third-order valence-electron chi connectivity index (χ3n) is 1.71. The van der Waals surface area contributed by atoms with Gasteiger partial charge in [0.1, 0.15) is 18.4 Å². The molecule has 0 aliphatic heterocycles. The van der Waals surface area contributed by atoms with Crippen LogP contribution in [0, 0.1) is 0 Å². The van der Waals surface area contributed by atoms with E-state index in [4.69, 9.17) is 5.73 Å². The number of phenols is 1. The topological polar surface area (TPSA) is 77.0 Å². The quantitative estimate of drug-likeness (QED) is 0.491. The fourth-order valence-electron chi connectivity index (χ4n) is 1.08. The summed E-state index contributed by atoms with van der Waals surface area (Å²) in [4.78, 5) is 0. The summed E-state index contributed by atoms with van der Waals surface area (Å²) in [5.74, 6) is 0.165. The number of rotatable bonds is 1. The summed E-state index contributed by atoms with van der Waals surface area (Å²) < 4.78 is 1.63. The lowest BCUT2D eigenvalue weighted by molar-refractivity contribution is 0.475. The van der Waals surface area contributed by atoms with Crippen molar-refractivity contribution in [3.05, 3.63) is 30.9 Å². The number of hydrogen-bond donors (Lipinski definition) is 2. The van der Waals surface area contributed by atoms with Gasteiger partial charge in [-0.2, -0.15) is 0 Å². The van der Waals surface area contributed by atoms with Gasteiger partial charge in [0, 0.05) is 6.07 Å². The Morgan fingerprint density at radius 3 is 2.62 bits per heavy atom. The van der Waals surface area contributed by atoms with Crippen LogP contribution in [0.3, 0.4) is 0 Å². The van der Waals surface area contributed by atoms with E-state index >= 15 is 0 Å². The highest BCUT2D eigenvalue weighted by Gasteiger charge is 2.02. The molecule has 0 bridgehead atoms. The molecule has 0 unspecified atom stereocenters. The van der Waals surface area contributed by atoms with Gasteiger partial charge in [0.25, 0.3) is 0 Å². The minimum atomic E-state index is 0.165. The van der Waals surface area contributed by atoms with E-state index in [0.29, 0.717) is 11.4 Å². The van der Waals surface area contributed by atoms with Crippen molar-refractivity contribution in [3.63, 3.8) is 0 Å². The van der Waals surface area contributed by atoms with Crippen LogP contribution in [0.15, 0.2) is 30.9 Å². The highest BCUT2D eigenvalue weighted by atomic mass is 16.3. The summed E-state index contributed by atoms with van der Waals surface area (Å²) in [5.41, 5.74) is 6.93. The van der Waals surface area contributed by atoms with Gasteiger partial charge in [-0.05, 0) is 12.1 Å². The third kappa shape index (κ3) is 1.31. The van der Waals surface area contributed by atoms with Crippen LogP contribution in [0.25, 0.3) is 5.69 Å². The van der Waals surface area contributed by atoms with Crippen LogP contribution >= 0.6 is 0 Å². The molecule has 0 saturated carbocycles. The predicted molar refractivity (Wildman–Crippen MR) is 47.4 cm³/mol. The van der Waals surface area contributed by atoms with E-state index in [2.05, 4.69) is 10.2 Å². The Kier molecular flexibility index (Phi) is 1.63. The number of nitrogens with zero attached hydrogens (tertiary/aromatic N) is 3. The Hall–Kier alpha value is -2.04. The average molecular weight is 176 g/mol. The van der Waals surface area contributed by atoms with Crippen molar-refractivity contribution in [2.24, 2.45) is 0 Å². The van der Waals surface area contributed by atoms with Crippen LogP contribution in [0.4, 0.5) is 5.69 Å². The standard InChI is InChI=1S/C8H8N4O/c9-7-2-1-6(13)3-8(7)12-4-10-11-5-12/h1-5,13H,9H2. The average Bonchev–Trinajstić information content (AvgIpc) is 2.61. The highest BCUT2D eigenvalue weighted by Crippen LogP contribution is 2.21. The molecule has 0 atom stereocenters. The van der Waals surface area contributed by atoms with Crippen LogP contribution in [0.2, 0.25) is 0 Å². The molecule has 0 aliphatic carbocycles. The van der Waals surface area contributed by atoms with Crippen molar-refractivity contribution in [2.45, 2.75) is 0 Å². The Bertz CT molecular complexity index is 410. The van der Waals surface area contributed by atoms with Crippen molar-refractivity contribution in [3.8, 4) is 11.4 Å². The molecule has 0 amide bonds. The van der Waals surface area contributed by atoms with E-state index in [1.165, 1.54) is 18.7 Å². The summed E-state index contributed by atoms with van der Waals surface area (Å²) >= 11 is 0. The van der Waals surface area contributed by atoms with Crippen molar-refractivity contribution in [1.82, 2.24) is 14.8 Å². The van der Waals surface area contributed by atoms with Gasteiger partial charge in [0.15, 0.2) is 0 Å². The fourth-order valence-corrected chi connectivity index (χ4v) is 1.08. The molecule has 3 N–H and O–H groups in total. The molecule has 5 heteroatoms. The molecule has 2 rings (SSSR count). The monoisotopic (exact) mass is 176 g/mol. The zero-order valence-corrected chi connectivity index (χ0v) is 6.75. The van der Waals surface area contributed by atoms with E-state index < -0.39 is 0 Å². The molecule has 2 aromatic rings. The largest absolute Gasteiger partial charge is 0.508 e. The molecule has 1 aromatic carbocycles. The SMILES string of the molecule is Nc1ccc(O)cc1-n1cnnc1. The lowest BCUT2D eigenvalue weighted by Gasteiger charge is -2.05. The van der Waals surface area contributed by atoms with Crippen LogP contribution in [-0.2, 0) is 0 Å².